The van der Waals surface area contributed by atoms with Gasteiger partial charge in [-0.3, -0.25) is 0 Å². The molecule has 0 radical (unpaired) electrons. The maximum atomic E-state index is 5.61. The minimum Gasteiger partial charge on any atom is -0.330 e. The first kappa shape index (κ1) is 10.7. The summed E-state index contributed by atoms with van der Waals surface area (Å²) in [7, 11) is 0. The van der Waals surface area contributed by atoms with Gasteiger partial charge in [0.25, 0.3) is 0 Å². The second kappa shape index (κ2) is 5.37. The molecule has 1 aromatic heterocycles. The van der Waals surface area contributed by atoms with Gasteiger partial charge >= 0.3 is 0 Å². The molecule has 0 aliphatic carbocycles. The molecule has 0 aliphatic heterocycles. The third-order valence-corrected chi connectivity index (χ3v) is 3.17. The van der Waals surface area contributed by atoms with E-state index < -0.39 is 0 Å². The highest BCUT2D eigenvalue weighted by molar-refractivity contribution is 7.07. The van der Waals surface area contributed by atoms with Crippen LogP contribution in [0, 0.1) is 5.92 Å². The Morgan fingerprint density at radius 1 is 1.38 bits per heavy atom. The van der Waals surface area contributed by atoms with Crippen LogP contribution in [-0.2, 0) is 0 Å². The van der Waals surface area contributed by atoms with Crippen LogP contribution in [0.25, 0.3) is 0 Å². The van der Waals surface area contributed by atoms with E-state index in [0.717, 1.165) is 6.42 Å². The zero-order chi connectivity index (χ0) is 9.68. The van der Waals surface area contributed by atoms with Crippen molar-refractivity contribution in [3.63, 3.8) is 0 Å². The summed E-state index contributed by atoms with van der Waals surface area (Å²) < 4.78 is 0. The van der Waals surface area contributed by atoms with Gasteiger partial charge in [-0.2, -0.15) is 11.3 Å². The Kier molecular flexibility index (Phi) is 4.42. The molecule has 0 aliphatic rings. The van der Waals surface area contributed by atoms with Gasteiger partial charge < -0.3 is 11.5 Å². The SMILES string of the molecule is CC(CC(CN)CN)c1ccsc1. The summed E-state index contributed by atoms with van der Waals surface area (Å²) in [4.78, 5) is 0. The minimum atomic E-state index is 0.467. The van der Waals surface area contributed by atoms with E-state index in [2.05, 4.69) is 23.8 Å². The van der Waals surface area contributed by atoms with Crippen molar-refractivity contribution in [3.05, 3.63) is 22.4 Å². The van der Waals surface area contributed by atoms with E-state index in [1.807, 2.05) is 0 Å². The first-order valence-electron chi connectivity index (χ1n) is 4.70. The third kappa shape index (κ3) is 3.10. The van der Waals surface area contributed by atoms with Gasteiger partial charge in [0, 0.05) is 0 Å². The van der Waals surface area contributed by atoms with Crippen LogP contribution in [0.4, 0.5) is 0 Å². The topological polar surface area (TPSA) is 52.0 Å². The van der Waals surface area contributed by atoms with Gasteiger partial charge in [-0.25, -0.2) is 0 Å². The van der Waals surface area contributed by atoms with Crippen LogP contribution in [0.2, 0.25) is 0 Å². The van der Waals surface area contributed by atoms with Crippen LogP contribution >= 0.6 is 11.3 Å². The largest absolute Gasteiger partial charge is 0.330 e. The Hall–Kier alpha value is -0.380. The fourth-order valence-electron chi connectivity index (χ4n) is 1.48. The van der Waals surface area contributed by atoms with E-state index in [1.54, 1.807) is 11.3 Å². The van der Waals surface area contributed by atoms with E-state index in [1.165, 1.54) is 5.56 Å². The second-order valence-electron chi connectivity index (χ2n) is 3.53. The number of hydrogen-bond acceptors (Lipinski definition) is 3. The summed E-state index contributed by atoms with van der Waals surface area (Å²) in [6.45, 7) is 3.64. The maximum Gasteiger partial charge on any atom is -0.00366 e. The van der Waals surface area contributed by atoms with Crippen molar-refractivity contribution in [3.8, 4) is 0 Å². The van der Waals surface area contributed by atoms with Crippen molar-refractivity contribution >= 4 is 11.3 Å². The first-order valence-corrected chi connectivity index (χ1v) is 5.64. The molecule has 0 amide bonds. The van der Waals surface area contributed by atoms with E-state index in [4.69, 9.17) is 11.5 Å². The summed E-state index contributed by atoms with van der Waals surface area (Å²) in [5.74, 6) is 1.05. The van der Waals surface area contributed by atoms with Gasteiger partial charge in [0.15, 0.2) is 0 Å². The minimum absolute atomic E-state index is 0.467. The molecule has 3 heteroatoms. The Morgan fingerprint density at radius 3 is 2.54 bits per heavy atom. The highest BCUT2D eigenvalue weighted by Crippen LogP contribution is 2.24. The average molecular weight is 198 g/mol. The highest BCUT2D eigenvalue weighted by Gasteiger charge is 2.11. The molecular formula is C10H18N2S. The molecule has 4 N–H and O–H groups in total. The average Bonchev–Trinajstić information content (AvgIpc) is 2.66. The van der Waals surface area contributed by atoms with Gasteiger partial charge in [0.05, 0.1) is 0 Å². The molecule has 1 rings (SSSR count). The van der Waals surface area contributed by atoms with Gasteiger partial charge in [-0.15, -0.1) is 0 Å². The highest BCUT2D eigenvalue weighted by atomic mass is 32.1. The molecular weight excluding hydrogens is 180 g/mol. The van der Waals surface area contributed by atoms with E-state index >= 15 is 0 Å². The molecule has 0 bridgehead atoms. The predicted molar refractivity (Wildman–Crippen MR) is 58.9 cm³/mol. The molecule has 1 aromatic rings. The maximum absolute atomic E-state index is 5.61. The van der Waals surface area contributed by atoms with Crippen LogP contribution in [0.5, 0.6) is 0 Å². The zero-order valence-electron chi connectivity index (χ0n) is 8.07. The van der Waals surface area contributed by atoms with Crippen molar-refractivity contribution in [2.24, 2.45) is 17.4 Å². The fourth-order valence-corrected chi connectivity index (χ4v) is 2.26. The fraction of sp³-hybridized carbons (Fsp3) is 0.600. The predicted octanol–water partition coefficient (Wildman–Crippen LogP) is 1.78. The van der Waals surface area contributed by atoms with Crippen LogP contribution in [0.3, 0.4) is 0 Å². The molecule has 2 nitrogen and oxygen atoms in total. The van der Waals surface area contributed by atoms with Gasteiger partial charge in [0.1, 0.15) is 0 Å². The van der Waals surface area contributed by atoms with E-state index in [0.29, 0.717) is 24.9 Å². The molecule has 0 aromatic carbocycles. The summed E-state index contributed by atoms with van der Waals surface area (Å²) in [6.07, 6.45) is 1.10. The van der Waals surface area contributed by atoms with Crippen molar-refractivity contribution in [1.29, 1.82) is 0 Å². The van der Waals surface area contributed by atoms with Crippen LogP contribution in [-0.4, -0.2) is 13.1 Å². The van der Waals surface area contributed by atoms with E-state index in [-0.39, 0.29) is 0 Å². The Labute approximate surface area is 83.9 Å². The quantitative estimate of drug-likeness (QED) is 0.757. The molecule has 74 valence electrons. The van der Waals surface area contributed by atoms with E-state index in [9.17, 15) is 0 Å². The second-order valence-corrected chi connectivity index (χ2v) is 4.31. The monoisotopic (exact) mass is 198 g/mol. The van der Waals surface area contributed by atoms with Gasteiger partial charge in [-0.1, -0.05) is 6.92 Å². The summed E-state index contributed by atoms with van der Waals surface area (Å²) in [5.41, 5.74) is 12.6. The van der Waals surface area contributed by atoms with Crippen molar-refractivity contribution in [1.82, 2.24) is 0 Å². The molecule has 13 heavy (non-hydrogen) atoms. The van der Waals surface area contributed by atoms with Crippen LogP contribution in [0.1, 0.15) is 24.8 Å². The molecule has 0 saturated carbocycles. The summed E-state index contributed by atoms with van der Waals surface area (Å²) in [5, 5.41) is 4.32. The lowest BCUT2D eigenvalue weighted by Crippen LogP contribution is -2.24. The van der Waals surface area contributed by atoms with Crippen LogP contribution < -0.4 is 11.5 Å². The lowest BCUT2D eigenvalue weighted by Gasteiger charge is -2.16. The number of nitrogens with two attached hydrogens (primary N) is 2. The Bertz CT molecular complexity index is 217. The standard InChI is InChI=1S/C10H18N2S/c1-8(4-9(5-11)6-12)10-2-3-13-7-10/h2-3,7-9H,4-6,11-12H2,1H3. The van der Waals surface area contributed by atoms with Gasteiger partial charge in [0.2, 0.25) is 0 Å². The zero-order valence-corrected chi connectivity index (χ0v) is 8.89. The lowest BCUT2D eigenvalue weighted by atomic mass is 9.92. The molecule has 1 heterocycles. The van der Waals surface area contributed by atoms with Crippen LogP contribution in [0.15, 0.2) is 16.8 Å². The van der Waals surface area contributed by atoms with Crippen molar-refractivity contribution in [2.75, 3.05) is 13.1 Å². The molecule has 1 unspecified atom stereocenters. The number of rotatable bonds is 5. The normalized spacial score (nSPS) is 13.5. The molecule has 0 fully saturated rings. The van der Waals surface area contributed by atoms with Crippen molar-refractivity contribution < 1.29 is 0 Å². The summed E-state index contributed by atoms with van der Waals surface area (Å²) in [6, 6.07) is 2.18. The smallest absolute Gasteiger partial charge is 0.00366 e. The Morgan fingerprint density at radius 2 is 2.08 bits per heavy atom. The number of thiophene rings is 1. The van der Waals surface area contributed by atoms with Crippen molar-refractivity contribution in [2.45, 2.75) is 19.3 Å². The Balaban J connectivity index is 2.45. The van der Waals surface area contributed by atoms with Gasteiger partial charge in [-0.05, 0) is 53.7 Å². The molecule has 0 spiro atoms. The molecule has 0 saturated heterocycles. The third-order valence-electron chi connectivity index (χ3n) is 2.47. The summed E-state index contributed by atoms with van der Waals surface area (Å²) >= 11 is 1.75. The number of hydrogen-bond donors (Lipinski definition) is 2. The molecule has 1 atom stereocenters. The first-order chi connectivity index (χ1) is 6.27. The lowest BCUT2D eigenvalue weighted by molar-refractivity contribution is 0.466.